The van der Waals surface area contributed by atoms with Gasteiger partial charge in [0.15, 0.2) is 0 Å². The zero-order chi connectivity index (χ0) is 13.5. The lowest BCUT2D eigenvalue weighted by Crippen LogP contribution is -2.25. The van der Waals surface area contributed by atoms with Gasteiger partial charge in [0.25, 0.3) is 5.08 Å². The molecule has 0 saturated carbocycles. The number of rotatable bonds is 3. The maximum absolute atomic E-state index is 11.1. The molecule has 0 aliphatic carbocycles. The molecular formula is C7H12O9P2. The molecular weight excluding hydrogens is 290 g/mol. The molecule has 0 bridgehead atoms. The van der Waals surface area contributed by atoms with Crippen LogP contribution in [0.3, 0.4) is 0 Å². The van der Waals surface area contributed by atoms with Gasteiger partial charge < -0.3 is 35.3 Å². The van der Waals surface area contributed by atoms with Crippen molar-refractivity contribution in [2.45, 2.75) is 5.08 Å². The first-order valence-corrected chi connectivity index (χ1v) is 7.36. The Morgan fingerprint density at radius 2 is 1.22 bits per heavy atom. The summed E-state index contributed by atoms with van der Waals surface area (Å²) in [7, 11) is -11.1. The van der Waals surface area contributed by atoms with E-state index in [-0.39, 0.29) is 11.2 Å². The van der Waals surface area contributed by atoms with Crippen LogP contribution in [0.25, 0.3) is 0 Å². The summed E-state index contributed by atoms with van der Waals surface area (Å²) in [6.07, 6.45) is 0. The number of phenols is 1. The van der Waals surface area contributed by atoms with Crippen LogP contribution in [0.2, 0.25) is 0 Å². The Morgan fingerprint density at radius 3 is 1.50 bits per heavy atom. The van der Waals surface area contributed by atoms with Crippen molar-refractivity contribution in [3.8, 4) is 5.75 Å². The lowest BCUT2D eigenvalue weighted by molar-refractivity contribution is 0.131. The monoisotopic (exact) mass is 302 g/mol. The van der Waals surface area contributed by atoms with Crippen molar-refractivity contribution in [2.24, 2.45) is 0 Å². The molecule has 0 aliphatic heterocycles. The summed E-state index contributed by atoms with van der Waals surface area (Å²) < 4.78 is 22.1. The fourth-order valence-electron chi connectivity index (χ4n) is 1.19. The van der Waals surface area contributed by atoms with Crippen LogP contribution in [-0.4, -0.2) is 35.3 Å². The molecule has 0 heterocycles. The summed E-state index contributed by atoms with van der Waals surface area (Å²) in [5.74, 6) is -0.285. The number of benzene rings is 1. The first-order valence-electron chi connectivity index (χ1n) is 4.13. The second-order valence-corrected chi connectivity index (χ2v) is 7.09. The van der Waals surface area contributed by atoms with Crippen molar-refractivity contribution < 1.29 is 44.4 Å². The minimum atomic E-state index is -5.54. The van der Waals surface area contributed by atoms with E-state index in [2.05, 4.69) is 0 Å². The molecule has 0 spiro atoms. The van der Waals surface area contributed by atoms with Crippen LogP contribution in [0.4, 0.5) is 0 Å². The Morgan fingerprint density at radius 1 is 0.889 bits per heavy atom. The van der Waals surface area contributed by atoms with E-state index < -0.39 is 25.8 Å². The van der Waals surface area contributed by atoms with Gasteiger partial charge in [0.1, 0.15) is 5.75 Å². The minimum Gasteiger partial charge on any atom is -0.508 e. The van der Waals surface area contributed by atoms with Crippen molar-refractivity contribution in [3.63, 3.8) is 0 Å². The molecule has 9 nitrogen and oxygen atoms in total. The van der Waals surface area contributed by atoms with Crippen molar-refractivity contribution in [3.05, 3.63) is 29.8 Å². The fraction of sp³-hybridized carbons (Fsp3) is 0.143. The SMILES string of the molecule is O.O=P(O)(O)C(O)(c1ccc(O)cc1)P(=O)(O)O. The molecule has 1 rings (SSSR count). The van der Waals surface area contributed by atoms with Gasteiger partial charge in [0, 0.05) is 5.56 Å². The second kappa shape index (κ2) is 5.08. The van der Waals surface area contributed by atoms with Crippen molar-refractivity contribution in [1.82, 2.24) is 0 Å². The highest BCUT2D eigenvalue weighted by Crippen LogP contribution is 2.72. The molecule has 0 unspecified atom stereocenters. The molecule has 0 aromatic heterocycles. The molecule has 0 atom stereocenters. The van der Waals surface area contributed by atoms with E-state index in [4.69, 9.17) is 24.7 Å². The van der Waals surface area contributed by atoms with Crippen LogP contribution in [-0.2, 0) is 14.2 Å². The summed E-state index contributed by atoms with van der Waals surface area (Å²) in [5.41, 5.74) is -0.683. The summed E-state index contributed by atoms with van der Waals surface area (Å²) in [6, 6.07) is 3.50. The predicted molar refractivity (Wildman–Crippen MR) is 59.7 cm³/mol. The third kappa shape index (κ3) is 2.80. The van der Waals surface area contributed by atoms with Crippen molar-refractivity contribution in [2.75, 3.05) is 0 Å². The third-order valence-corrected chi connectivity index (χ3v) is 5.77. The van der Waals surface area contributed by atoms with E-state index in [1.807, 2.05) is 0 Å². The van der Waals surface area contributed by atoms with E-state index in [0.717, 1.165) is 24.3 Å². The molecule has 0 amide bonds. The van der Waals surface area contributed by atoms with Gasteiger partial charge in [-0.2, -0.15) is 0 Å². The van der Waals surface area contributed by atoms with E-state index in [9.17, 15) is 14.2 Å². The van der Waals surface area contributed by atoms with Crippen molar-refractivity contribution >= 4 is 15.2 Å². The lowest BCUT2D eigenvalue weighted by atomic mass is 10.2. The standard InChI is InChI=1S/C7H10O8P2.H2O/c8-6-3-1-5(2-4-6)7(9,16(10,11)12)17(13,14)15;/h1-4,8-9H,(H2,10,11,12)(H2,13,14,15);1H2. The van der Waals surface area contributed by atoms with Gasteiger partial charge in [-0.05, 0) is 12.1 Å². The smallest absolute Gasteiger partial charge is 0.374 e. The normalized spacial score (nSPS) is 12.9. The number of phenolic OH excluding ortho intramolecular Hbond substituents is 1. The first-order chi connectivity index (χ1) is 7.50. The molecule has 1 aromatic carbocycles. The summed E-state index contributed by atoms with van der Waals surface area (Å²) in [5, 5.41) is 15.0. The van der Waals surface area contributed by atoms with E-state index in [1.54, 1.807) is 0 Å². The minimum absolute atomic E-state index is 0. The number of aliphatic hydroxyl groups is 1. The average Bonchev–Trinajstić information content (AvgIpc) is 2.14. The van der Waals surface area contributed by atoms with Crippen LogP contribution in [0.15, 0.2) is 24.3 Å². The van der Waals surface area contributed by atoms with E-state index >= 15 is 0 Å². The lowest BCUT2D eigenvalue weighted by Gasteiger charge is -2.29. The Bertz CT molecular complexity index is 476. The van der Waals surface area contributed by atoms with Gasteiger partial charge in [-0.3, -0.25) is 9.13 Å². The summed E-state index contributed by atoms with van der Waals surface area (Å²) >= 11 is 0. The van der Waals surface area contributed by atoms with Gasteiger partial charge in [-0.25, -0.2) is 0 Å². The Hall–Kier alpha value is -0.760. The van der Waals surface area contributed by atoms with Gasteiger partial charge >= 0.3 is 15.2 Å². The molecule has 0 saturated heterocycles. The van der Waals surface area contributed by atoms with Crippen molar-refractivity contribution in [1.29, 1.82) is 0 Å². The first kappa shape index (κ1) is 17.2. The summed E-state index contributed by atoms with van der Waals surface area (Å²) in [6.45, 7) is 0. The molecule has 18 heavy (non-hydrogen) atoms. The molecule has 0 fully saturated rings. The molecule has 1 aromatic rings. The van der Waals surface area contributed by atoms with Crippen LogP contribution in [0.1, 0.15) is 5.56 Å². The van der Waals surface area contributed by atoms with Gasteiger partial charge in [0.2, 0.25) is 0 Å². The molecule has 0 radical (unpaired) electrons. The zero-order valence-electron chi connectivity index (χ0n) is 8.70. The van der Waals surface area contributed by atoms with Gasteiger partial charge in [0.05, 0.1) is 0 Å². The maximum Gasteiger partial charge on any atom is 0.374 e. The molecule has 8 N–H and O–H groups in total. The quantitative estimate of drug-likeness (QED) is 0.384. The highest BCUT2D eigenvalue weighted by Gasteiger charge is 2.60. The fourth-order valence-corrected chi connectivity index (χ4v) is 3.52. The third-order valence-electron chi connectivity index (χ3n) is 2.07. The highest BCUT2D eigenvalue weighted by molar-refractivity contribution is 7.71. The highest BCUT2D eigenvalue weighted by atomic mass is 31.2. The Labute approximate surface area is 101 Å². The van der Waals surface area contributed by atoms with E-state index in [0.29, 0.717) is 0 Å². The number of hydrogen-bond donors (Lipinski definition) is 6. The summed E-state index contributed by atoms with van der Waals surface area (Å²) in [4.78, 5) is 35.6. The Balaban J connectivity index is 0.00000289. The molecule has 11 heteroatoms. The predicted octanol–water partition coefficient (Wildman–Crippen LogP) is -0.975. The average molecular weight is 302 g/mol. The largest absolute Gasteiger partial charge is 0.508 e. The Kier molecular flexibility index (Phi) is 4.87. The zero-order valence-corrected chi connectivity index (χ0v) is 10.5. The van der Waals surface area contributed by atoms with Crippen LogP contribution in [0, 0.1) is 0 Å². The molecule has 104 valence electrons. The number of hydrogen-bond acceptors (Lipinski definition) is 4. The van der Waals surface area contributed by atoms with Gasteiger partial charge in [-0.15, -0.1) is 0 Å². The number of aromatic hydroxyl groups is 1. The van der Waals surface area contributed by atoms with Crippen LogP contribution in [0.5, 0.6) is 5.75 Å². The van der Waals surface area contributed by atoms with Crippen LogP contribution < -0.4 is 0 Å². The maximum atomic E-state index is 11.1. The van der Waals surface area contributed by atoms with Crippen LogP contribution >= 0.6 is 15.2 Å². The van der Waals surface area contributed by atoms with Gasteiger partial charge in [-0.1, -0.05) is 12.1 Å². The topological polar surface area (TPSA) is 187 Å². The van der Waals surface area contributed by atoms with E-state index in [1.165, 1.54) is 0 Å². The second-order valence-electron chi connectivity index (χ2n) is 3.27. The molecule has 0 aliphatic rings.